The molecule has 27 heavy (non-hydrogen) atoms. The number of rotatable bonds is 5. The molecular weight excluding hydrogens is 359 g/mol. The third-order valence-electron chi connectivity index (χ3n) is 4.77. The van der Waals surface area contributed by atoms with E-state index in [0.717, 1.165) is 12.1 Å². The Hall–Kier alpha value is -2.83. The van der Waals surface area contributed by atoms with Crippen molar-refractivity contribution in [2.45, 2.75) is 25.7 Å². The molecule has 1 saturated heterocycles. The second-order valence-corrected chi connectivity index (χ2v) is 6.81. The predicted molar refractivity (Wildman–Crippen MR) is 91.7 cm³/mol. The molecule has 2 aromatic carbocycles. The summed E-state index contributed by atoms with van der Waals surface area (Å²) in [6, 6.07) is 5.93. The first-order valence-corrected chi connectivity index (χ1v) is 8.48. The van der Waals surface area contributed by atoms with Gasteiger partial charge in [-0.1, -0.05) is 6.07 Å². The molecule has 0 unspecified atom stereocenters. The summed E-state index contributed by atoms with van der Waals surface area (Å²) in [5.74, 6) is -5.31. The topological polar surface area (TPSA) is 66.4 Å². The summed E-state index contributed by atoms with van der Waals surface area (Å²) < 4.78 is 41.7. The number of phenols is 1. The van der Waals surface area contributed by atoms with Gasteiger partial charge in [-0.15, -0.1) is 0 Å². The SMILES string of the molecule is Cc1cc(F)c([C@@H]2CNC(=O)[C@H]2CC(=O)Cc2ccc(F)c(O)c2)c(F)c1. The molecule has 1 heterocycles. The molecule has 2 aromatic rings. The minimum absolute atomic E-state index is 0.0466. The molecule has 2 N–H and O–H groups in total. The number of halogens is 3. The van der Waals surface area contributed by atoms with Crippen LogP contribution >= 0.6 is 0 Å². The number of aromatic hydroxyl groups is 1. The molecule has 0 spiro atoms. The number of carbonyl (C=O) groups excluding carboxylic acids is 2. The molecule has 0 radical (unpaired) electrons. The van der Waals surface area contributed by atoms with Gasteiger partial charge >= 0.3 is 0 Å². The van der Waals surface area contributed by atoms with Gasteiger partial charge in [0.2, 0.25) is 5.91 Å². The molecule has 2 atom stereocenters. The van der Waals surface area contributed by atoms with Gasteiger partial charge in [0.05, 0.1) is 5.92 Å². The Morgan fingerprint density at radius 3 is 2.44 bits per heavy atom. The fourth-order valence-corrected chi connectivity index (χ4v) is 3.48. The second kappa shape index (κ2) is 7.42. The predicted octanol–water partition coefficient (Wildman–Crippen LogP) is 3.15. The average Bonchev–Trinajstić information content (AvgIpc) is 2.91. The number of hydrogen-bond acceptors (Lipinski definition) is 3. The van der Waals surface area contributed by atoms with Crippen LogP contribution in [0.5, 0.6) is 5.75 Å². The minimum Gasteiger partial charge on any atom is -0.505 e. The van der Waals surface area contributed by atoms with Gasteiger partial charge in [0.1, 0.15) is 17.4 Å². The highest BCUT2D eigenvalue weighted by Gasteiger charge is 2.39. The Morgan fingerprint density at radius 2 is 1.81 bits per heavy atom. The van der Waals surface area contributed by atoms with E-state index in [-0.39, 0.29) is 30.7 Å². The Morgan fingerprint density at radius 1 is 1.15 bits per heavy atom. The molecule has 142 valence electrons. The molecule has 1 aliphatic rings. The van der Waals surface area contributed by atoms with E-state index in [9.17, 15) is 27.9 Å². The van der Waals surface area contributed by atoms with E-state index in [1.807, 2.05) is 0 Å². The van der Waals surface area contributed by atoms with Crippen LogP contribution in [0.3, 0.4) is 0 Å². The fraction of sp³-hybridized carbons (Fsp3) is 0.300. The Bertz CT molecular complexity index is 890. The zero-order chi connectivity index (χ0) is 19.7. The Kier molecular flexibility index (Phi) is 5.21. The van der Waals surface area contributed by atoms with Crippen LogP contribution in [0.2, 0.25) is 0 Å². The van der Waals surface area contributed by atoms with Crippen LogP contribution in [-0.4, -0.2) is 23.3 Å². The number of hydrogen-bond donors (Lipinski definition) is 2. The molecule has 1 aliphatic heterocycles. The highest BCUT2D eigenvalue weighted by molar-refractivity contribution is 5.90. The second-order valence-electron chi connectivity index (χ2n) is 6.81. The van der Waals surface area contributed by atoms with Crippen molar-refractivity contribution in [2.75, 3.05) is 6.54 Å². The zero-order valence-corrected chi connectivity index (χ0v) is 14.6. The van der Waals surface area contributed by atoms with Gasteiger partial charge in [-0.25, -0.2) is 13.2 Å². The van der Waals surface area contributed by atoms with Crippen molar-refractivity contribution in [2.24, 2.45) is 5.92 Å². The van der Waals surface area contributed by atoms with Crippen LogP contribution in [0.4, 0.5) is 13.2 Å². The van der Waals surface area contributed by atoms with E-state index in [4.69, 9.17) is 0 Å². The lowest BCUT2D eigenvalue weighted by molar-refractivity contribution is -0.127. The first-order valence-electron chi connectivity index (χ1n) is 8.48. The lowest BCUT2D eigenvalue weighted by Gasteiger charge is -2.18. The highest BCUT2D eigenvalue weighted by atomic mass is 19.1. The normalized spacial score (nSPS) is 19.2. The van der Waals surface area contributed by atoms with Crippen LogP contribution in [-0.2, 0) is 16.0 Å². The van der Waals surface area contributed by atoms with Crippen molar-refractivity contribution in [1.82, 2.24) is 5.32 Å². The first kappa shape index (κ1) is 18.9. The molecule has 4 nitrogen and oxygen atoms in total. The van der Waals surface area contributed by atoms with E-state index in [1.54, 1.807) is 6.92 Å². The van der Waals surface area contributed by atoms with Gasteiger partial charge in [0.25, 0.3) is 0 Å². The maximum absolute atomic E-state index is 14.3. The zero-order valence-electron chi connectivity index (χ0n) is 14.6. The van der Waals surface area contributed by atoms with E-state index in [2.05, 4.69) is 5.32 Å². The summed E-state index contributed by atoms with van der Waals surface area (Å²) in [7, 11) is 0. The first-order chi connectivity index (χ1) is 12.8. The number of Topliss-reactive ketones (excluding diaryl/α,β-unsaturated/α-hetero) is 1. The van der Waals surface area contributed by atoms with Gasteiger partial charge < -0.3 is 10.4 Å². The third-order valence-corrected chi connectivity index (χ3v) is 4.77. The van der Waals surface area contributed by atoms with Gasteiger partial charge in [-0.05, 0) is 42.3 Å². The number of aryl methyl sites for hydroxylation is 1. The standard InChI is InChI=1S/C20H18F3NO3/c1-10-4-16(22)19(17(23)5-10)14-9-24-20(27)13(14)8-12(25)6-11-2-3-15(21)18(26)7-11/h2-5,7,13-14,26H,6,8-9H2,1H3,(H,24,27)/t13-,14+/m0/s1. The van der Waals surface area contributed by atoms with Crippen molar-refractivity contribution >= 4 is 11.7 Å². The number of phenolic OH excluding ortho intramolecular Hbond substituents is 1. The monoisotopic (exact) mass is 377 g/mol. The van der Waals surface area contributed by atoms with Crippen molar-refractivity contribution in [3.63, 3.8) is 0 Å². The molecule has 0 saturated carbocycles. The van der Waals surface area contributed by atoms with Crippen molar-refractivity contribution in [3.05, 3.63) is 64.5 Å². The van der Waals surface area contributed by atoms with Gasteiger partial charge in [0, 0.05) is 30.9 Å². The van der Waals surface area contributed by atoms with Gasteiger partial charge in [-0.3, -0.25) is 9.59 Å². The van der Waals surface area contributed by atoms with E-state index < -0.39 is 40.9 Å². The van der Waals surface area contributed by atoms with E-state index in [1.165, 1.54) is 18.2 Å². The van der Waals surface area contributed by atoms with Crippen LogP contribution in [0.1, 0.15) is 29.0 Å². The number of carbonyl (C=O) groups is 2. The Balaban J connectivity index is 1.79. The van der Waals surface area contributed by atoms with Crippen LogP contribution in [0.25, 0.3) is 0 Å². The average molecular weight is 377 g/mol. The number of ketones is 1. The number of benzene rings is 2. The molecule has 1 amide bonds. The van der Waals surface area contributed by atoms with Crippen LogP contribution in [0, 0.1) is 30.3 Å². The van der Waals surface area contributed by atoms with Crippen molar-refractivity contribution in [1.29, 1.82) is 0 Å². The minimum atomic E-state index is -0.891. The highest BCUT2D eigenvalue weighted by Crippen LogP contribution is 2.35. The van der Waals surface area contributed by atoms with Crippen LogP contribution in [0.15, 0.2) is 30.3 Å². The van der Waals surface area contributed by atoms with Gasteiger partial charge in [0.15, 0.2) is 11.6 Å². The summed E-state index contributed by atoms with van der Waals surface area (Å²) in [4.78, 5) is 24.5. The lowest BCUT2D eigenvalue weighted by atomic mass is 9.83. The summed E-state index contributed by atoms with van der Waals surface area (Å²) in [6.07, 6.45) is -0.329. The lowest BCUT2D eigenvalue weighted by Crippen LogP contribution is -2.23. The summed E-state index contributed by atoms with van der Waals surface area (Å²) >= 11 is 0. The van der Waals surface area contributed by atoms with E-state index >= 15 is 0 Å². The smallest absolute Gasteiger partial charge is 0.224 e. The maximum Gasteiger partial charge on any atom is 0.224 e. The molecule has 3 rings (SSSR count). The number of amides is 1. The quantitative estimate of drug-likeness (QED) is 0.841. The largest absolute Gasteiger partial charge is 0.505 e. The van der Waals surface area contributed by atoms with E-state index in [0.29, 0.717) is 11.1 Å². The molecular formula is C20H18F3NO3. The fourth-order valence-electron chi connectivity index (χ4n) is 3.48. The van der Waals surface area contributed by atoms with Crippen molar-refractivity contribution in [3.8, 4) is 5.75 Å². The number of nitrogens with one attached hydrogen (secondary N) is 1. The summed E-state index contributed by atoms with van der Waals surface area (Å²) in [6.45, 7) is 1.61. The van der Waals surface area contributed by atoms with Crippen molar-refractivity contribution < 1.29 is 27.9 Å². The molecule has 1 fully saturated rings. The third kappa shape index (κ3) is 3.97. The maximum atomic E-state index is 14.3. The summed E-state index contributed by atoms with van der Waals surface area (Å²) in [5.41, 5.74) is 0.618. The van der Waals surface area contributed by atoms with Gasteiger partial charge in [-0.2, -0.15) is 0 Å². The molecule has 0 aliphatic carbocycles. The Labute approximate surface area is 154 Å². The molecule has 0 bridgehead atoms. The molecule has 7 heteroatoms. The summed E-state index contributed by atoms with van der Waals surface area (Å²) in [5, 5.41) is 11.9. The molecule has 0 aromatic heterocycles. The van der Waals surface area contributed by atoms with Crippen LogP contribution < -0.4 is 5.32 Å².